The lowest BCUT2D eigenvalue weighted by Crippen LogP contribution is -2.24. The molecule has 1 heterocycles. The van der Waals surface area contributed by atoms with E-state index < -0.39 is 0 Å². The van der Waals surface area contributed by atoms with Gasteiger partial charge in [-0.1, -0.05) is 6.07 Å². The zero-order valence-electron chi connectivity index (χ0n) is 13.7. The topological polar surface area (TPSA) is 76.6 Å². The lowest BCUT2D eigenvalue weighted by atomic mass is 10.1. The minimum absolute atomic E-state index is 0.259. The molecule has 0 aliphatic rings. The van der Waals surface area contributed by atoms with Crippen LogP contribution in [0.2, 0.25) is 0 Å². The second-order valence-corrected chi connectivity index (χ2v) is 4.97. The number of hydrogen-bond donors (Lipinski definition) is 1. The van der Waals surface area contributed by atoms with E-state index in [2.05, 4.69) is 15.3 Å². The van der Waals surface area contributed by atoms with Crippen molar-refractivity contribution in [2.45, 2.75) is 6.54 Å². The number of rotatable bonds is 6. The minimum atomic E-state index is -0.259. The van der Waals surface area contributed by atoms with E-state index in [9.17, 15) is 4.79 Å². The van der Waals surface area contributed by atoms with Crippen LogP contribution in [0.25, 0.3) is 0 Å². The van der Waals surface area contributed by atoms with E-state index in [1.807, 2.05) is 14.1 Å². The van der Waals surface area contributed by atoms with Gasteiger partial charge in [-0.2, -0.15) is 0 Å². The number of para-hydroxylation sites is 1. The average molecular weight is 316 g/mol. The molecular weight excluding hydrogens is 296 g/mol. The third kappa shape index (κ3) is 3.88. The number of anilines is 1. The van der Waals surface area contributed by atoms with Crippen LogP contribution in [-0.2, 0) is 6.54 Å². The second-order valence-electron chi connectivity index (χ2n) is 4.97. The first-order valence-corrected chi connectivity index (χ1v) is 7.05. The quantitative estimate of drug-likeness (QED) is 0.870. The molecule has 0 atom stereocenters. The number of benzene rings is 1. The van der Waals surface area contributed by atoms with E-state index in [0.717, 1.165) is 5.69 Å². The Morgan fingerprint density at radius 1 is 1.22 bits per heavy atom. The number of carbonyl (C=O) groups is 1. The SMILES string of the molecule is COc1cccc(C(=O)NCc2ccnc(N(C)C)n2)c1OC. The van der Waals surface area contributed by atoms with Gasteiger partial charge in [-0.05, 0) is 18.2 Å². The summed E-state index contributed by atoms with van der Waals surface area (Å²) < 4.78 is 10.5. The summed E-state index contributed by atoms with van der Waals surface area (Å²) in [5.41, 5.74) is 1.13. The first kappa shape index (κ1) is 16.5. The molecule has 1 aromatic carbocycles. The van der Waals surface area contributed by atoms with Gasteiger partial charge in [0.2, 0.25) is 5.95 Å². The summed E-state index contributed by atoms with van der Waals surface area (Å²) in [5, 5.41) is 2.82. The normalized spacial score (nSPS) is 10.1. The van der Waals surface area contributed by atoms with Crippen molar-refractivity contribution in [3.05, 3.63) is 41.7 Å². The maximum absolute atomic E-state index is 12.4. The van der Waals surface area contributed by atoms with Crippen molar-refractivity contribution in [2.75, 3.05) is 33.2 Å². The Balaban J connectivity index is 2.13. The second kappa shape index (κ2) is 7.44. The minimum Gasteiger partial charge on any atom is -0.493 e. The van der Waals surface area contributed by atoms with E-state index in [1.54, 1.807) is 35.4 Å². The van der Waals surface area contributed by atoms with Gasteiger partial charge < -0.3 is 19.7 Å². The molecule has 0 saturated heterocycles. The maximum Gasteiger partial charge on any atom is 0.255 e. The number of amides is 1. The summed E-state index contributed by atoms with van der Waals surface area (Å²) in [5.74, 6) is 1.25. The van der Waals surface area contributed by atoms with Crippen LogP contribution in [0, 0.1) is 0 Å². The molecule has 2 rings (SSSR count). The van der Waals surface area contributed by atoms with Crippen molar-refractivity contribution < 1.29 is 14.3 Å². The van der Waals surface area contributed by atoms with Gasteiger partial charge in [-0.3, -0.25) is 4.79 Å². The predicted molar refractivity (Wildman–Crippen MR) is 87.1 cm³/mol. The van der Waals surface area contributed by atoms with Crippen molar-refractivity contribution in [3.63, 3.8) is 0 Å². The van der Waals surface area contributed by atoms with Crippen molar-refractivity contribution in [2.24, 2.45) is 0 Å². The van der Waals surface area contributed by atoms with Crippen LogP contribution in [0.3, 0.4) is 0 Å². The zero-order chi connectivity index (χ0) is 16.8. The molecule has 122 valence electrons. The van der Waals surface area contributed by atoms with Crippen LogP contribution in [0.5, 0.6) is 11.5 Å². The molecule has 7 nitrogen and oxygen atoms in total. The molecule has 1 N–H and O–H groups in total. The lowest BCUT2D eigenvalue weighted by Gasteiger charge is -2.13. The fourth-order valence-corrected chi connectivity index (χ4v) is 2.03. The summed E-state index contributed by atoms with van der Waals surface area (Å²) in [6.07, 6.45) is 1.66. The molecule has 23 heavy (non-hydrogen) atoms. The Labute approximate surface area is 135 Å². The summed E-state index contributed by atoms with van der Waals surface area (Å²) in [7, 11) is 6.75. The van der Waals surface area contributed by atoms with Crippen molar-refractivity contribution in [1.82, 2.24) is 15.3 Å². The van der Waals surface area contributed by atoms with E-state index in [4.69, 9.17) is 9.47 Å². The fraction of sp³-hybridized carbons (Fsp3) is 0.312. The first-order chi connectivity index (χ1) is 11.1. The summed E-state index contributed by atoms with van der Waals surface area (Å²) in [6.45, 7) is 0.294. The standard InChI is InChI=1S/C16H20N4O3/c1-20(2)16-17-9-8-11(19-16)10-18-15(21)12-6-5-7-13(22-3)14(12)23-4/h5-9H,10H2,1-4H3,(H,18,21). The number of nitrogens with zero attached hydrogens (tertiary/aromatic N) is 3. The van der Waals surface area contributed by atoms with Crippen molar-refractivity contribution >= 4 is 11.9 Å². The van der Waals surface area contributed by atoms with Gasteiger partial charge in [0, 0.05) is 20.3 Å². The highest BCUT2D eigenvalue weighted by atomic mass is 16.5. The Morgan fingerprint density at radius 2 is 2.00 bits per heavy atom. The Morgan fingerprint density at radius 3 is 2.65 bits per heavy atom. The number of methoxy groups -OCH3 is 2. The van der Waals surface area contributed by atoms with Gasteiger partial charge in [-0.25, -0.2) is 9.97 Å². The molecule has 1 amide bonds. The Bertz CT molecular complexity index is 689. The molecule has 7 heteroatoms. The average Bonchev–Trinajstić information content (AvgIpc) is 2.58. The Kier molecular flexibility index (Phi) is 5.35. The predicted octanol–water partition coefficient (Wildman–Crippen LogP) is 1.49. The summed E-state index contributed by atoms with van der Waals surface area (Å²) >= 11 is 0. The molecule has 1 aromatic heterocycles. The largest absolute Gasteiger partial charge is 0.493 e. The monoisotopic (exact) mass is 316 g/mol. The first-order valence-electron chi connectivity index (χ1n) is 7.05. The molecule has 0 bridgehead atoms. The molecule has 0 aliphatic carbocycles. The number of hydrogen-bond acceptors (Lipinski definition) is 6. The smallest absolute Gasteiger partial charge is 0.255 e. The number of carbonyl (C=O) groups excluding carboxylic acids is 1. The molecule has 0 aliphatic heterocycles. The molecule has 0 fully saturated rings. The maximum atomic E-state index is 12.4. The molecule has 0 spiro atoms. The van der Waals surface area contributed by atoms with Crippen LogP contribution in [0.1, 0.15) is 16.1 Å². The van der Waals surface area contributed by atoms with Gasteiger partial charge in [0.05, 0.1) is 32.0 Å². The van der Waals surface area contributed by atoms with Crippen molar-refractivity contribution in [1.29, 1.82) is 0 Å². The number of ether oxygens (including phenoxy) is 2. The van der Waals surface area contributed by atoms with E-state index in [-0.39, 0.29) is 5.91 Å². The molecule has 0 unspecified atom stereocenters. The van der Waals surface area contributed by atoms with Crippen LogP contribution < -0.4 is 19.7 Å². The Hall–Kier alpha value is -2.83. The van der Waals surface area contributed by atoms with Crippen molar-refractivity contribution in [3.8, 4) is 11.5 Å². The third-order valence-corrected chi connectivity index (χ3v) is 3.18. The number of aromatic nitrogens is 2. The van der Waals surface area contributed by atoms with Gasteiger partial charge in [-0.15, -0.1) is 0 Å². The molecule has 0 saturated carbocycles. The molecule has 2 aromatic rings. The zero-order valence-corrected chi connectivity index (χ0v) is 13.7. The highest BCUT2D eigenvalue weighted by Gasteiger charge is 2.16. The summed E-state index contributed by atoms with van der Waals surface area (Å²) in [6, 6.07) is 6.92. The lowest BCUT2D eigenvalue weighted by molar-refractivity contribution is 0.0946. The molecule has 0 radical (unpaired) electrons. The van der Waals surface area contributed by atoms with Crippen LogP contribution >= 0.6 is 0 Å². The highest BCUT2D eigenvalue weighted by molar-refractivity contribution is 5.97. The van der Waals surface area contributed by atoms with Gasteiger partial charge >= 0.3 is 0 Å². The van der Waals surface area contributed by atoms with Crippen LogP contribution in [0.15, 0.2) is 30.5 Å². The number of nitrogens with one attached hydrogen (secondary N) is 1. The van der Waals surface area contributed by atoms with E-state index >= 15 is 0 Å². The van der Waals surface area contributed by atoms with Gasteiger partial charge in [0.25, 0.3) is 5.91 Å². The summed E-state index contributed by atoms with van der Waals surface area (Å²) in [4.78, 5) is 22.7. The van der Waals surface area contributed by atoms with Gasteiger partial charge in [0.1, 0.15) is 0 Å². The van der Waals surface area contributed by atoms with E-state index in [0.29, 0.717) is 29.6 Å². The fourth-order valence-electron chi connectivity index (χ4n) is 2.03. The van der Waals surface area contributed by atoms with E-state index in [1.165, 1.54) is 14.2 Å². The van der Waals surface area contributed by atoms with Gasteiger partial charge in [0.15, 0.2) is 11.5 Å². The third-order valence-electron chi connectivity index (χ3n) is 3.18. The highest BCUT2D eigenvalue weighted by Crippen LogP contribution is 2.30. The molecular formula is C16H20N4O3. The van der Waals surface area contributed by atoms with Crippen LogP contribution in [-0.4, -0.2) is 44.2 Å². The van der Waals surface area contributed by atoms with Crippen LogP contribution in [0.4, 0.5) is 5.95 Å².